The van der Waals surface area contributed by atoms with E-state index >= 15 is 0 Å². The van der Waals surface area contributed by atoms with Crippen molar-refractivity contribution in [1.29, 1.82) is 0 Å². The molecule has 0 saturated heterocycles. The van der Waals surface area contributed by atoms with E-state index in [0.29, 0.717) is 18.1 Å². The quantitative estimate of drug-likeness (QED) is 0.851. The average Bonchev–Trinajstić information content (AvgIpc) is 2.46. The molecule has 2 N–H and O–H groups in total. The highest BCUT2D eigenvalue weighted by Crippen LogP contribution is 2.21. The van der Waals surface area contributed by atoms with Crippen LogP contribution in [-0.2, 0) is 10.0 Å². The largest absolute Gasteiger partial charge is 0.369 e. The van der Waals surface area contributed by atoms with Crippen LogP contribution in [0.4, 0.5) is 11.5 Å². The standard InChI is InChI=1S/C13H16N4O2S/c1-2-7-15-13-12(6-4-9-16-13)20(18,19)17-11-5-3-8-14-10-11/h3-6,8-10,17H,2,7H2,1H3,(H,15,16). The third kappa shape index (κ3) is 3.45. The van der Waals surface area contributed by atoms with Crippen molar-refractivity contribution in [2.24, 2.45) is 0 Å². The summed E-state index contributed by atoms with van der Waals surface area (Å²) in [6, 6.07) is 6.41. The fraction of sp³-hybridized carbons (Fsp3) is 0.231. The Morgan fingerprint density at radius 2 is 2.00 bits per heavy atom. The minimum absolute atomic E-state index is 0.123. The van der Waals surface area contributed by atoms with E-state index in [-0.39, 0.29) is 4.90 Å². The Bertz CT molecular complexity index is 659. The molecule has 0 fully saturated rings. The van der Waals surface area contributed by atoms with Crippen LogP contribution in [0.15, 0.2) is 47.8 Å². The topological polar surface area (TPSA) is 84.0 Å². The summed E-state index contributed by atoms with van der Waals surface area (Å²) >= 11 is 0. The SMILES string of the molecule is CCCNc1ncccc1S(=O)(=O)Nc1cccnc1. The lowest BCUT2D eigenvalue weighted by atomic mass is 10.4. The second-order valence-corrected chi connectivity index (χ2v) is 5.77. The van der Waals surface area contributed by atoms with Crippen molar-refractivity contribution in [2.45, 2.75) is 18.2 Å². The van der Waals surface area contributed by atoms with Crippen molar-refractivity contribution in [3.8, 4) is 0 Å². The number of aromatic nitrogens is 2. The predicted molar refractivity (Wildman–Crippen MR) is 78.1 cm³/mol. The first-order chi connectivity index (χ1) is 9.63. The Morgan fingerprint density at radius 1 is 1.20 bits per heavy atom. The van der Waals surface area contributed by atoms with E-state index in [1.165, 1.54) is 12.3 Å². The molecule has 0 saturated carbocycles. The van der Waals surface area contributed by atoms with E-state index in [2.05, 4.69) is 20.0 Å². The highest BCUT2D eigenvalue weighted by Gasteiger charge is 2.19. The molecule has 0 aromatic carbocycles. The fourth-order valence-corrected chi connectivity index (χ4v) is 2.79. The Hall–Kier alpha value is -2.15. The molecule has 2 heterocycles. The molecule has 20 heavy (non-hydrogen) atoms. The first kappa shape index (κ1) is 14.3. The normalized spacial score (nSPS) is 11.1. The minimum atomic E-state index is -3.69. The maximum Gasteiger partial charge on any atom is 0.265 e. The van der Waals surface area contributed by atoms with E-state index in [1.54, 1.807) is 30.6 Å². The first-order valence-electron chi connectivity index (χ1n) is 6.25. The summed E-state index contributed by atoms with van der Waals surface area (Å²) < 4.78 is 27.2. The Kier molecular flexibility index (Phi) is 4.52. The Balaban J connectivity index is 2.30. The van der Waals surface area contributed by atoms with Gasteiger partial charge in [0.25, 0.3) is 10.0 Å². The molecule has 0 amide bonds. The van der Waals surface area contributed by atoms with Crippen LogP contribution in [0.2, 0.25) is 0 Å². The number of nitrogens with one attached hydrogen (secondary N) is 2. The molecule has 0 radical (unpaired) electrons. The van der Waals surface area contributed by atoms with Gasteiger partial charge in [0.1, 0.15) is 10.7 Å². The number of hydrogen-bond acceptors (Lipinski definition) is 5. The van der Waals surface area contributed by atoms with Gasteiger partial charge in [-0.1, -0.05) is 6.92 Å². The molecule has 2 rings (SSSR count). The number of sulfonamides is 1. The van der Waals surface area contributed by atoms with Crippen molar-refractivity contribution in [3.63, 3.8) is 0 Å². The minimum Gasteiger partial charge on any atom is -0.369 e. The van der Waals surface area contributed by atoms with Gasteiger partial charge in [-0.25, -0.2) is 13.4 Å². The van der Waals surface area contributed by atoms with E-state index in [1.807, 2.05) is 6.92 Å². The van der Waals surface area contributed by atoms with Crippen LogP contribution in [0.25, 0.3) is 0 Å². The number of rotatable bonds is 6. The monoisotopic (exact) mass is 292 g/mol. The maximum absolute atomic E-state index is 12.4. The smallest absolute Gasteiger partial charge is 0.265 e. The zero-order valence-electron chi connectivity index (χ0n) is 11.1. The fourth-order valence-electron chi connectivity index (χ4n) is 1.62. The average molecular weight is 292 g/mol. The van der Waals surface area contributed by atoms with Crippen molar-refractivity contribution >= 4 is 21.5 Å². The number of hydrogen-bond donors (Lipinski definition) is 2. The molecule has 2 aromatic rings. The van der Waals surface area contributed by atoms with Crippen LogP contribution >= 0.6 is 0 Å². The molecule has 6 nitrogen and oxygen atoms in total. The summed E-state index contributed by atoms with van der Waals surface area (Å²) in [4.78, 5) is 8.08. The number of nitrogens with zero attached hydrogens (tertiary/aromatic N) is 2. The van der Waals surface area contributed by atoms with Crippen LogP contribution in [0.3, 0.4) is 0 Å². The van der Waals surface area contributed by atoms with Crippen LogP contribution in [0.5, 0.6) is 0 Å². The van der Waals surface area contributed by atoms with Gasteiger partial charge in [-0.15, -0.1) is 0 Å². The Morgan fingerprint density at radius 3 is 2.70 bits per heavy atom. The lowest BCUT2D eigenvalue weighted by Crippen LogP contribution is -2.16. The van der Waals surface area contributed by atoms with E-state index in [9.17, 15) is 8.42 Å². The molecule has 0 atom stereocenters. The molecule has 0 bridgehead atoms. The third-order valence-corrected chi connectivity index (χ3v) is 3.93. The van der Waals surface area contributed by atoms with Crippen LogP contribution in [-0.4, -0.2) is 24.9 Å². The first-order valence-corrected chi connectivity index (χ1v) is 7.73. The lowest BCUT2D eigenvalue weighted by Gasteiger charge is -2.12. The molecule has 0 unspecified atom stereocenters. The van der Waals surface area contributed by atoms with Crippen LogP contribution < -0.4 is 10.0 Å². The molecule has 2 aromatic heterocycles. The van der Waals surface area contributed by atoms with Gasteiger partial charge in [0, 0.05) is 18.9 Å². The zero-order chi connectivity index (χ0) is 14.4. The van der Waals surface area contributed by atoms with Crippen molar-refractivity contribution in [2.75, 3.05) is 16.6 Å². The Labute approximate surface area is 118 Å². The van der Waals surface area contributed by atoms with Gasteiger partial charge in [-0.2, -0.15) is 0 Å². The highest BCUT2D eigenvalue weighted by atomic mass is 32.2. The van der Waals surface area contributed by atoms with Gasteiger partial charge in [0.15, 0.2) is 0 Å². The zero-order valence-corrected chi connectivity index (χ0v) is 11.9. The molecule has 7 heteroatoms. The molecular weight excluding hydrogens is 276 g/mol. The van der Waals surface area contributed by atoms with E-state index < -0.39 is 10.0 Å². The van der Waals surface area contributed by atoms with Gasteiger partial charge >= 0.3 is 0 Å². The van der Waals surface area contributed by atoms with Crippen molar-refractivity contribution in [3.05, 3.63) is 42.9 Å². The molecule has 0 spiro atoms. The second kappa shape index (κ2) is 6.33. The summed E-state index contributed by atoms with van der Waals surface area (Å²) in [7, 11) is -3.69. The highest BCUT2D eigenvalue weighted by molar-refractivity contribution is 7.92. The number of anilines is 2. The molecular formula is C13H16N4O2S. The van der Waals surface area contributed by atoms with Crippen LogP contribution in [0.1, 0.15) is 13.3 Å². The van der Waals surface area contributed by atoms with Crippen molar-refractivity contribution < 1.29 is 8.42 Å². The summed E-state index contributed by atoms with van der Waals surface area (Å²) in [6.45, 7) is 2.66. The summed E-state index contributed by atoms with van der Waals surface area (Å²) in [6.07, 6.45) is 5.47. The van der Waals surface area contributed by atoms with E-state index in [4.69, 9.17) is 0 Å². The van der Waals surface area contributed by atoms with Gasteiger partial charge in [0.05, 0.1) is 11.9 Å². The maximum atomic E-state index is 12.4. The molecule has 106 valence electrons. The summed E-state index contributed by atoms with van der Waals surface area (Å²) in [5, 5.41) is 3.01. The molecule has 0 aliphatic carbocycles. The number of pyridine rings is 2. The van der Waals surface area contributed by atoms with Gasteiger partial charge < -0.3 is 5.32 Å². The summed E-state index contributed by atoms with van der Waals surface area (Å²) in [5.74, 6) is 0.353. The second-order valence-electron chi connectivity index (χ2n) is 4.12. The van der Waals surface area contributed by atoms with Gasteiger partial charge in [0.2, 0.25) is 0 Å². The van der Waals surface area contributed by atoms with Gasteiger partial charge in [-0.05, 0) is 30.7 Å². The van der Waals surface area contributed by atoms with Crippen molar-refractivity contribution in [1.82, 2.24) is 9.97 Å². The molecule has 0 aliphatic heterocycles. The van der Waals surface area contributed by atoms with E-state index in [0.717, 1.165) is 6.42 Å². The van der Waals surface area contributed by atoms with Crippen LogP contribution in [0, 0.1) is 0 Å². The molecule has 0 aliphatic rings. The lowest BCUT2D eigenvalue weighted by molar-refractivity contribution is 0.601. The predicted octanol–water partition coefficient (Wildman–Crippen LogP) is 2.10. The summed E-state index contributed by atoms with van der Waals surface area (Å²) in [5.41, 5.74) is 0.415. The van der Waals surface area contributed by atoms with Gasteiger partial charge in [-0.3, -0.25) is 9.71 Å². The third-order valence-electron chi connectivity index (χ3n) is 2.52.